The second kappa shape index (κ2) is 6.81. The Balaban J connectivity index is 1.88. The van der Waals surface area contributed by atoms with Crippen LogP contribution in [0.4, 0.5) is 10.1 Å². The summed E-state index contributed by atoms with van der Waals surface area (Å²) in [4.78, 5) is 12.7. The van der Waals surface area contributed by atoms with Crippen LogP contribution in [0.15, 0.2) is 27.6 Å². The molecule has 0 spiro atoms. The normalized spacial score (nSPS) is 18.2. The summed E-state index contributed by atoms with van der Waals surface area (Å²) >= 11 is 0. The number of hydrogen-bond donors (Lipinski definition) is 1. The van der Waals surface area contributed by atoms with E-state index in [9.17, 15) is 17.6 Å². The van der Waals surface area contributed by atoms with Crippen molar-refractivity contribution in [1.29, 1.82) is 0 Å². The van der Waals surface area contributed by atoms with Gasteiger partial charge >= 0.3 is 0 Å². The van der Waals surface area contributed by atoms with Gasteiger partial charge in [0.1, 0.15) is 22.4 Å². The van der Waals surface area contributed by atoms with Gasteiger partial charge in [0, 0.05) is 12.2 Å². The second-order valence-electron chi connectivity index (χ2n) is 6.38. The van der Waals surface area contributed by atoms with E-state index in [1.165, 1.54) is 23.4 Å². The third kappa shape index (κ3) is 3.24. The van der Waals surface area contributed by atoms with E-state index in [-0.39, 0.29) is 22.9 Å². The molecule has 1 atom stereocenters. The number of anilines is 1. The number of amides is 1. The first kappa shape index (κ1) is 18.5. The molecule has 26 heavy (non-hydrogen) atoms. The van der Waals surface area contributed by atoms with Gasteiger partial charge in [-0.3, -0.25) is 4.79 Å². The average Bonchev–Trinajstić information content (AvgIpc) is 3.18. The number of aromatic nitrogens is 1. The molecule has 1 aliphatic heterocycles. The summed E-state index contributed by atoms with van der Waals surface area (Å²) in [6.45, 7) is 5.04. The van der Waals surface area contributed by atoms with E-state index < -0.39 is 27.8 Å². The zero-order valence-electron chi connectivity index (χ0n) is 14.7. The lowest BCUT2D eigenvalue weighted by molar-refractivity contribution is -0.119. The molecule has 1 saturated heterocycles. The first-order chi connectivity index (χ1) is 12.2. The molecule has 9 heteroatoms. The van der Waals surface area contributed by atoms with Crippen LogP contribution < -0.4 is 5.32 Å². The third-order valence-electron chi connectivity index (χ3n) is 4.50. The Morgan fingerprint density at radius 2 is 2.08 bits per heavy atom. The Kier molecular flexibility index (Phi) is 4.85. The molecule has 0 bridgehead atoms. The van der Waals surface area contributed by atoms with Crippen molar-refractivity contribution < 1.29 is 22.1 Å². The number of carbonyl (C=O) groups is 1. The number of hydrogen-bond acceptors (Lipinski definition) is 5. The lowest BCUT2D eigenvalue weighted by atomic mass is 10.1. The lowest BCUT2D eigenvalue weighted by Gasteiger charge is -2.23. The number of nitrogens with zero attached hydrogens (tertiary/aromatic N) is 2. The largest absolute Gasteiger partial charge is 0.360 e. The highest BCUT2D eigenvalue weighted by Gasteiger charge is 2.42. The van der Waals surface area contributed by atoms with E-state index in [0.29, 0.717) is 24.1 Å². The van der Waals surface area contributed by atoms with Crippen LogP contribution in [-0.4, -0.2) is 36.4 Å². The fraction of sp³-hybridized carbons (Fsp3) is 0.412. The predicted molar refractivity (Wildman–Crippen MR) is 92.7 cm³/mol. The van der Waals surface area contributed by atoms with Crippen molar-refractivity contribution in [2.24, 2.45) is 0 Å². The molecule has 3 rings (SSSR count). The highest BCUT2D eigenvalue weighted by molar-refractivity contribution is 7.89. The van der Waals surface area contributed by atoms with Gasteiger partial charge in [-0.05, 0) is 51.3 Å². The third-order valence-corrected chi connectivity index (χ3v) is 6.65. The van der Waals surface area contributed by atoms with Crippen LogP contribution in [0.3, 0.4) is 0 Å². The molecular formula is C17H20FN3O4S. The highest BCUT2D eigenvalue weighted by Crippen LogP contribution is 2.30. The SMILES string of the molecule is Cc1ccc(F)cc1NC(=O)C1CCCN1S(=O)(=O)c1c(C)noc1C. The van der Waals surface area contributed by atoms with Gasteiger partial charge in [-0.15, -0.1) is 0 Å². The summed E-state index contributed by atoms with van der Waals surface area (Å²) in [7, 11) is -3.92. The van der Waals surface area contributed by atoms with Crippen molar-refractivity contribution in [1.82, 2.24) is 9.46 Å². The van der Waals surface area contributed by atoms with Crippen LogP contribution in [-0.2, 0) is 14.8 Å². The molecular weight excluding hydrogens is 361 g/mol. The number of nitrogens with one attached hydrogen (secondary N) is 1. The van der Waals surface area contributed by atoms with Crippen LogP contribution in [0, 0.1) is 26.6 Å². The van der Waals surface area contributed by atoms with Gasteiger partial charge in [-0.2, -0.15) is 4.31 Å². The zero-order chi connectivity index (χ0) is 19.1. The molecule has 1 amide bonds. The molecule has 2 heterocycles. The fourth-order valence-electron chi connectivity index (χ4n) is 3.19. The van der Waals surface area contributed by atoms with Gasteiger partial charge < -0.3 is 9.84 Å². The molecule has 140 valence electrons. The lowest BCUT2D eigenvalue weighted by Crippen LogP contribution is -2.43. The maximum absolute atomic E-state index is 13.4. The van der Waals surface area contributed by atoms with Crippen LogP contribution in [0.2, 0.25) is 0 Å². The molecule has 1 fully saturated rings. The maximum atomic E-state index is 13.4. The molecule has 0 aliphatic carbocycles. The van der Waals surface area contributed by atoms with Crippen molar-refractivity contribution in [2.75, 3.05) is 11.9 Å². The molecule has 1 N–H and O–H groups in total. The Labute approximate surface area is 151 Å². The van der Waals surface area contributed by atoms with Crippen LogP contribution >= 0.6 is 0 Å². The van der Waals surface area contributed by atoms with Crippen molar-refractivity contribution in [3.8, 4) is 0 Å². The summed E-state index contributed by atoms with van der Waals surface area (Å²) in [5.41, 5.74) is 1.28. The number of benzene rings is 1. The van der Waals surface area contributed by atoms with E-state index >= 15 is 0 Å². The summed E-state index contributed by atoms with van der Waals surface area (Å²) in [6.07, 6.45) is 0.950. The number of carbonyl (C=O) groups excluding carboxylic acids is 1. The smallest absolute Gasteiger partial charge is 0.249 e. The average molecular weight is 381 g/mol. The molecule has 1 aromatic carbocycles. The van der Waals surface area contributed by atoms with Gasteiger partial charge in [0.15, 0.2) is 5.76 Å². The van der Waals surface area contributed by atoms with E-state index in [4.69, 9.17) is 4.52 Å². The van der Waals surface area contributed by atoms with Crippen molar-refractivity contribution in [3.05, 3.63) is 41.0 Å². The van der Waals surface area contributed by atoms with Gasteiger partial charge in [0.25, 0.3) is 0 Å². The predicted octanol–water partition coefficient (Wildman–Crippen LogP) is 2.53. The van der Waals surface area contributed by atoms with Gasteiger partial charge in [0.2, 0.25) is 15.9 Å². The van der Waals surface area contributed by atoms with Crippen LogP contribution in [0.1, 0.15) is 29.9 Å². The minimum absolute atomic E-state index is 0.000800. The Morgan fingerprint density at radius 1 is 1.35 bits per heavy atom. The maximum Gasteiger partial charge on any atom is 0.249 e. The van der Waals surface area contributed by atoms with Crippen molar-refractivity contribution >= 4 is 21.6 Å². The van der Waals surface area contributed by atoms with E-state index in [1.807, 2.05) is 0 Å². The molecule has 1 aliphatic rings. The topological polar surface area (TPSA) is 92.5 Å². The summed E-state index contributed by atoms with van der Waals surface area (Å²) in [5.74, 6) is -0.765. The fourth-order valence-corrected chi connectivity index (χ4v) is 5.15. The molecule has 1 aromatic heterocycles. The molecule has 0 radical (unpaired) electrons. The quantitative estimate of drug-likeness (QED) is 0.879. The van der Waals surface area contributed by atoms with E-state index in [2.05, 4.69) is 10.5 Å². The van der Waals surface area contributed by atoms with Crippen molar-refractivity contribution in [3.63, 3.8) is 0 Å². The number of sulfonamides is 1. The Bertz CT molecular complexity index is 935. The summed E-state index contributed by atoms with van der Waals surface area (Å²) in [6, 6.07) is 3.21. The minimum atomic E-state index is -3.92. The standard InChI is InChI=1S/C17H20FN3O4S/c1-10-6-7-13(18)9-14(10)19-17(22)15-5-4-8-21(15)26(23,24)16-11(2)20-25-12(16)3/h6-7,9,15H,4-5,8H2,1-3H3,(H,19,22). The Hall–Kier alpha value is -2.26. The van der Waals surface area contributed by atoms with E-state index in [0.717, 1.165) is 0 Å². The number of halogens is 1. The van der Waals surface area contributed by atoms with Crippen molar-refractivity contribution in [2.45, 2.75) is 44.6 Å². The van der Waals surface area contributed by atoms with Gasteiger partial charge in [0.05, 0.1) is 0 Å². The molecule has 1 unspecified atom stereocenters. The Morgan fingerprint density at radius 3 is 2.73 bits per heavy atom. The second-order valence-corrected chi connectivity index (χ2v) is 8.20. The summed E-state index contributed by atoms with van der Waals surface area (Å²) in [5, 5.41) is 6.34. The van der Waals surface area contributed by atoms with Crippen LogP contribution in [0.5, 0.6) is 0 Å². The van der Waals surface area contributed by atoms with Crippen LogP contribution in [0.25, 0.3) is 0 Å². The number of aryl methyl sites for hydroxylation is 3. The van der Waals surface area contributed by atoms with Gasteiger partial charge in [-0.25, -0.2) is 12.8 Å². The first-order valence-electron chi connectivity index (χ1n) is 8.23. The minimum Gasteiger partial charge on any atom is -0.360 e. The van der Waals surface area contributed by atoms with Gasteiger partial charge in [-0.1, -0.05) is 11.2 Å². The highest BCUT2D eigenvalue weighted by atomic mass is 32.2. The van der Waals surface area contributed by atoms with E-state index in [1.54, 1.807) is 19.9 Å². The zero-order valence-corrected chi connectivity index (χ0v) is 15.6. The monoisotopic (exact) mass is 381 g/mol. The number of rotatable bonds is 4. The molecule has 0 saturated carbocycles. The summed E-state index contributed by atoms with van der Waals surface area (Å²) < 4.78 is 45.6. The molecule has 2 aromatic rings. The first-order valence-corrected chi connectivity index (χ1v) is 9.67. The molecule has 7 nitrogen and oxygen atoms in total.